The SMILES string of the molecule is CCN(CC(=O)O)C1CCN(C(=O)N[C@H](C)C2CCCc3ccccc32)CC1. The van der Waals surface area contributed by atoms with Crippen molar-refractivity contribution in [2.24, 2.45) is 0 Å². The number of likely N-dealkylation sites (tertiary alicyclic amines) is 1. The molecule has 1 aliphatic heterocycles. The lowest BCUT2D eigenvalue weighted by Crippen LogP contribution is -2.52. The number of likely N-dealkylation sites (N-methyl/N-ethyl adjacent to an activating group) is 1. The summed E-state index contributed by atoms with van der Waals surface area (Å²) in [5.41, 5.74) is 2.80. The predicted molar refractivity (Wildman–Crippen MR) is 110 cm³/mol. The van der Waals surface area contributed by atoms with E-state index in [0.29, 0.717) is 19.0 Å². The van der Waals surface area contributed by atoms with Gasteiger partial charge in [0, 0.05) is 31.1 Å². The van der Waals surface area contributed by atoms with Gasteiger partial charge in [-0.15, -0.1) is 0 Å². The Balaban J connectivity index is 1.53. The van der Waals surface area contributed by atoms with E-state index in [1.165, 1.54) is 17.5 Å². The topological polar surface area (TPSA) is 72.9 Å². The number of benzene rings is 1. The van der Waals surface area contributed by atoms with Gasteiger partial charge in [-0.25, -0.2) is 4.79 Å². The zero-order valence-corrected chi connectivity index (χ0v) is 17.1. The molecule has 1 aromatic rings. The summed E-state index contributed by atoms with van der Waals surface area (Å²) in [4.78, 5) is 27.7. The van der Waals surface area contributed by atoms with Crippen molar-refractivity contribution in [3.05, 3.63) is 35.4 Å². The Morgan fingerprint density at radius 2 is 1.96 bits per heavy atom. The number of urea groups is 1. The molecule has 6 heteroatoms. The maximum atomic E-state index is 12.8. The van der Waals surface area contributed by atoms with Crippen LogP contribution in [0.2, 0.25) is 0 Å². The van der Waals surface area contributed by atoms with Gasteiger partial charge in [0.25, 0.3) is 0 Å². The number of fused-ring (bicyclic) bond motifs is 1. The molecule has 2 N–H and O–H groups in total. The standard InChI is InChI=1S/C22H33N3O3/c1-3-24(15-21(26)27)18-11-13-25(14-12-18)22(28)23-16(2)19-10-6-8-17-7-4-5-9-20(17)19/h4-5,7,9,16,18-19H,3,6,8,10-15H2,1-2H3,(H,23,28)(H,26,27)/t16-,19?/m1/s1. The van der Waals surface area contributed by atoms with Crippen molar-refractivity contribution in [3.8, 4) is 0 Å². The molecule has 3 rings (SSSR count). The highest BCUT2D eigenvalue weighted by molar-refractivity contribution is 5.74. The molecule has 2 atom stereocenters. The summed E-state index contributed by atoms with van der Waals surface area (Å²) in [5, 5.41) is 12.3. The monoisotopic (exact) mass is 387 g/mol. The van der Waals surface area contributed by atoms with Gasteiger partial charge in [-0.1, -0.05) is 31.2 Å². The molecule has 0 saturated carbocycles. The van der Waals surface area contributed by atoms with Crippen LogP contribution in [0, 0.1) is 0 Å². The summed E-state index contributed by atoms with van der Waals surface area (Å²) in [6.07, 6.45) is 5.07. The summed E-state index contributed by atoms with van der Waals surface area (Å²) < 4.78 is 0. The van der Waals surface area contributed by atoms with Gasteiger partial charge in [0.05, 0.1) is 6.54 Å². The lowest BCUT2D eigenvalue weighted by molar-refractivity contribution is -0.139. The number of amides is 2. The van der Waals surface area contributed by atoms with Crippen molar-refractivity contribution < 1.29 is 14.7 Å². The van der Waals surface area contributed by atoms with Crippen LogP contribution in [0.15, 0.2) is 24.3 Å². The molecule has 0 radical (unpaired) electrons. The van der Waals surface area contributed by atoms with Gasteiger partial charge in [-0.05, 0) is 56.7 Å². The van der Waals surface area contributed by atoms with E-state index >= 15 is 0 Å². The van der Waals surface area contributed by atoms with E-state index in [1.807, 2.05) is 16.7 Å². The van der Waals surface area contributed by atoms with E-state index < -0.39 is 5.97 Å². The van der Waals surface area contributed by atoms with E-state index in [1.54, 1.807) is 0 Å². The van der Waals surface area contributed by atoms with Crippen molar-refractivity contribution >= 4 is 12.0 Å². The maximum absolute atomic E-state index is 12.8. The van der Waals surface area contributed by atoms with Crippen LogP contribution in [0.3, 0.4) is 0 Å². The Hall–Kier alpha value is -2.08. The van der Waals surface area contributed by atoms with Crippen LogP contribution < -0.4 is 5.32 Å². The highest BCUT2D eigenvalue weighted by Crippen LogP contribution is 2.33. The van der Waals surface area contributed by atoms with Crippen LogP contribution in [0.25, 0.3) is 0 Å². The summed E-state index contributed by atoms with van der Waals surface area (Å²) in [7, 11) is 0. The fraction of sp³-hybridized carbons (Fsp3) is 0.636. The van der Waals surface area contributed by atoms with Crippen LogP contribution in [0.1, 0.15) is 56.6 Å². The molecule has 1 aromatic carbocycles. The molecular weight excluding hydrogens is 354 g/mol. The molecular formula is C22H33N3O3. The fourth-order valence-electron chi connectivity index (χ4n) is 4.80. The molecule has 2 aliphatic rings. The van der Waals surface area contributed by atoms with E-state index in [-0.39, 0.29) is 24.7 Å². The van der Waals surface area contributed by atoms with Crippen LogP contribution in [-0.4, -0.2) is 65.2 Å². The average Bonchev–Trinajstić information content (AvgIpc) is 2.71. The van der Waals surface area contributed by atoms with Crippen LogP contribution in [0.5, 0.6) is 0 Å². The van der Waals surface area contributed by atoms with Crippen LogP contribution >= 0.6 is 0 Å². The Kier molecular flexibility index (Phi) is 6.94. The Labute approximate surface area is 167 Å². The second-order valence-electron chi connectivity index (χ2n) is 8.11. The van der Waals surface area contributed by atoms with Gasteiger partial charge in [-0.3, -0.25) is 9.69 Å². The summed E-state index contributed by atoms with van der Waals surface area (Å²) >= 11 is 0. The molecule has 2 amide bonds. The third kappa shape index (κ3) is 4.85. The van der Waals surface area contributed by atoms with Gasteiger partial charge in [-0.2, -0.15) is 0 Å². The number of nitrogens with zero attached hydrogens (tertiary/aromatic N) is 2. The van der Waals surface area contributed by atoms with Gasteiger partial charge in [0.1, 0.15) is 0 Å². The zero-order chi connectivity index (χ0) is 20.1. The highest BCUT2D eigenvalue weighted by Gasteiger charge is 2.30. The summed E-state index contributed by atoms with van der Waals surface area (Å²) in [5.74, 6) is -0.416. The lowest BCUT2D eigenvalue weighted by Gasteiger charge is -2.38. The molecule has 28 heavy (non-hydrogen) atoms. The average molecular weight is 388 g/mol. The molecule has 0 spiro atoms. The minimum atomic E-state index is -0.788. The number of carbonyl (C=O) groups is 2. The Morgan fingerprint density at radius 1 is 1.25 bits per heavy atom. The lowest BCUT2D eigenvalue weighted by atomic mass is 9.79. The zero-order valence-electron chi connectivity index (χ0n) is 17.1. The van der Waals surface area contributed by atoms with Crippen molar-refractivity contribution in [1.29, 1.82) is 0 Å². The molecule has 1 heterocycles. The molecule has 1 saturated heterocycles. The van der Waals surface area contributed by atoms with Crippen molar-refractivity contribution in [2.45, 2.75) is 64.0 Å². The smallest absolute Gasteiger partial charge is 0.317 e. The minimum Gasteiger partial charge on any atom is -0.480 e. The highest BCUT2D eigenvalue weighted by atomic mass is 16.4. The number of aryl methyl sites for hydroxylation is 1. The molecule has 1 unspecified atom stereocenters. The number of rotatable bonds is 6. The fourth-order valence-corrected chi connectivity index (χ4v) is 4.80. The van der Waals surface area contributed by atoms with Gasteiger partial charge in [0.15, 0.2) is 0 Å². The summed E-state index contributed by atoms with van der Waals surface area (Å²) in [6, 6.07) is 8.95. The Bertz CT molecular complexity index is 685. The minimum absolute atomic E-state index is 0.00953. The first-order chi connectivity index (χ1) is 13.5. The number of nitrogens with one attached hydrogen (secondary N) is 1. The predicted octanol–water partition coefficient (Wildman–Crippen LogP) is 3.08. The van der Waals surface area contributed by atoms with Crippen LogP contribution in [0.4, 0.5) is 4.79 Å². The van der Waals surface area contributed by atoms with Crippen molar-refractivity contribution in [3.63, 3.8) is 0 Å². The van der Waals surface area contributed by atoms with Crippen LogP contribution in [-0.2, 0) is 11.2 Å². The molecule has 1 aliphatic carbocycles. The quantitative estimate of drug-likeness (QED) is 0.787. The third-order valence-corrected chi connectivity index (χ3v) is 6.38. The van der Waals surface area contributed by atoms with Gasteiger partial charge >= 0.3 is 12.0 Å². The van der Waals surface area contributed by atoms with E-state index in [0.717, 1.165) is 32.2 Å². The van der Waals surface area contributed by atoms with E-state index in [9.17, 15) is 9.59 Å². The first-order valence-electron chi connectivity index (χ1n) is 10.6. The molecule has 1 fully saturated rings. The maximum Gasteiger partial charge on any atom is 0.317 e. The van der Waals surface area contributed by atoms with Gasteiger partial charge in [0.2, 0.25) is 0 Å². The number of carbonyl (C=O) groups excluding carboxylic acids is 1. The first-order valence-corrected chi connectivity index (χ1v) is 10.6. The van der Waals surface area contributed by atoms with E-state index in [4.69, 9.17) is 5.11 Å². The Morgan fingerprint density at radius 3 is 2.64 bits per heavy atom. The second-order valence-corrected chi connectivity index (χ2v) is 8.11. The van der Waals surface area contributed by atoms with E-state index in [2.05, 4.69) is 36.5 Å². The first kappa shape index (κ1) is 20.6. The third-order valence-electron chi connectivity index (χ3n) is 6.38. The number of hydrogen-bond donors (Lipinski definition) is 2. The normalized spacial score (nSPS) is 21.2. The number of aliphatic carboxylic acids is 1. The molecule has 154 valence electrons. The van der Waals surface area contributed by atoms with Crippen molar-refractivity contribution in [1.82, 2.24) is 15.1 Å². The summed E-state index contributed by atoms with van der Waals surface area (Å²) in [6.45, 7) is 6.27. The number of hydrogen-bond acceptors (Lipinski definition) is 3. The number of carboxylic acids is 1. The number of piperidine rings is 1. The molecule has 0 bridgehead atoms. The van der Waals surface area contributed by atoms with Gasteiger partial charge < -0.3 is 15.3 Å². The molecule has 0 aromatic heterocycles. The second kappa shape index (κ2) is 9.41. The largest absolute Gasteiger partial charge is 0.480 e. The number of carboxylic acid groups (broad SMARTS) is 1. The molecule has 6 nitrogen and oxygen atoms in total. The van der Waals surface area contributed by atoms with Crippen molar-refractivity contribution in [2.75, 3.05) is 26.2 Å².